The smallest absolute Gasteiger partial charge is 0.0836 e. The van der Waals surface area contributed by atoms with Gasteiger partial charge in [-0.3, -0.25) is 0 Å². The molecule has 2 bridgehead atoms. The first-order valence-corrected chi connectivity index (χ1v) is 5.12. The fourth-order valence-electron chi connectivity index (χ4n) is 3.23. The number of rotatable bonds is 0. The lowest BCUT2D eigenvalue weighted by atomic mass is 9.70. The van der Waals surface area contributed by atoms with E-state index in [-0.39, 0.29) is 11.3 Å². The van der Waals surface area contributed by atoms with Gasteiger partial charge in [0.15, 0.2) is 0 Å². The van der Waals surface area contributed by atoms with Gasteiger partial charge in [0.2, 0.25) is 0 Å². The van der Waals surface area contributed by atoms with Crippen LogP contribution in [0.4, 0.5) is 0 Å². The van der Waals surface area contributed by atoms with Crippen molar-refractivity contribution in [3.8, 4) is 6.07 Å². The van der Waals surface area contributed by atoms with Crippen molar-refractivity contribution in [2.24, 2.45) is 17.3 Å². The zero-order chi connectivity index (χ0) is 9.69. The average molecular weight is 179 g/mol. The topological polar surface area (TPSA) is 44.0 Å². The lowest BCUT2D eigenvalue weighted by Crippen LogP contribution is -2.42. The molecule has 4 atom stereocenters. The molecular weight excluding hydrogens is 162 g/mol. The van der Waals surface area contributed by atoms with Gasteiger partial charge in [0.25, 0.3) is 0 Å². The van der Waals surface area contributed by atoms with Gasteiger partial charge in [-0.25, -0.2) is 0 Å². The molecule has 0 aromatic heterocycles. The number of hydrogen-bond donors (Lipinski definition) is 1. The summed E-state index contributed by atoms with van der Waals surface area (Å²) in [5.74, 6) is 0.169. The summed E-state index contributed by atoms with van der Waals surface area (Å²) in [6.07, 6.45) is 3.98. The first kappa shape index (κ1) is 9.02. The van der Waals surface area contributed by atoms with E-state index in [9.17, 15) is 5.11 Å². The molecule has 13 heavy (non-hydrogen) atoms. The predicted molar refractivity (Wildman–Crippen MR) is 49.8 cm³/mol. The Labute approximate surface area is 79.6 Å². The van der Waals surface area contributed by atoms with Crippen LogP contribution in [0.5, 0.6) is 0 Å². The Bertz CT molecular complexity index is 270. The second-order valence-electron chi connectivity index (χ2n) is 5.30. The van der Waals surface area contributed by atoms with Crippen molar-refractivity contribution in [3.63, 3.8) is 0 Å². The van der Waals surface area contributed by atoms with Crippen LogP contribution < -0.4 is 0 Å². The summed E-state index contributed by atoms with van der Waals surface area (Å²) in [5, 5.41) is 19.4. The first-order valence-electron chi connectivity index (χ1n) is 5.12. The van der Waals surface area contributed by atoms with Gasteiger partial charge in [-0.05, 0) is 37.0 Å². The lowest BCUT2D eigenvalue weighted by molar-refractivity contribution is -0.0565. The fourth-order valence-corrected chi connectivity index (χ4v) is 3.23. The zero-order valence-electron chi connectivity index (χ0n) is 8.38. The second kappa shape index (κ2) is 2.48. The quantitative estimate of drug-likeness (QED) is 0.618. The van der Waals surface area contributed by atoms with Crippen LogP contribution in [0.3, 0.4) is 0 Å². The molecular formula is C11H17NO. The largest absolute Gasteiger partial charge is 0.388 e. The molecule has 0 aliphatic heterocycles. The van der Waals surface area contributed by atoms with Gasteiger partial charge in [-0.1, -0.05) is 13.8 Å². The molecule has 0 aromatic carbocycles. The number of fused-ring (bicyclic) bond motifs is 2. The Kier molecular flexibility index (Phi) is 1.72. The molecule has 0 spiro atoms. The summed E-state index contributed by atoms with van der Waals surface area (Å²) >= 11 is 0. The highest BCUT2D eigenvalue weighted by Gasteiger charge is 2.57. The molecule has 72 valence electrons. The normalized spacial score (nSPS) is 54.6. The van der Waals surface area contributed by atoms with Crippen molar-refractivity contribution in [3.05, 3.63) is 0 Å². The highest BCUT2D eigenvalue weighted by atomic mass is 16.3. The van der Waals surface area contributed by atoms with Crippen molar-refractivity contribution in [1.29, 1.82) is 5.26 Å². The van der Waals surface area contributed by atoms with Gasteiger partial charge < -0.3 is 5.11 Å². The summed E-state index contributed by atoms with van der Waals surface area (Å²) in [7, 11) is 0. The number of hydrogen-bond acceptors (Lipinski definition) is 2. The van der Waals surface area contributed by atoms with Gasteiger partial charge in [0, 0.05) is 0 Å². The monoisotopic (exact) mass is 179 g/mol. The van der Waals surface area contributed by atoms with Crippen LogP contribution in [0.25, 0.3) is 0 Å². The average Bonchev–Trinajstić information content (AvgIpc) is 2.30. The maximum Gasteiger partial charge on any atom is 0.0836 e. The van der Waals surface area contributed by atoms with Gasteiger partial charge in [0.05, 0.1) is 17.6 Å². The third kappa shape index (κ3) is 1.10. The molecule has 0 amide bonds. The predicted octanol–water partition coefficient (Wildman–Crippen LogP) is 2.09. The molecule has 0 radical (unpaired) electrons. The Morgan fingerprint density at radius 2 is 2.23 bits per heavy atom. The van der Waals surface area contributed by atoms with E-state index in [4.69, 9.17) is 5.26 Å². The standard InChI is InChI=1S/C11H17NO/c1-8-3-4-10(2)5-9(6-12)11(8,13)7-10/h8-9,13H,3-5,7H2,1-2H3/t8-,9-,10+,11-/m1/s1. The zero-order valence-corrected chi connectivity index (χ0v) is 8.38. The maximum absolute atomic E-state index is 10.4. The van der Waals surface area contributed by atoms with E-state index in [1.54, 1.807) is 0 Å². The van der Waals surface area contributed by atoms with Crippen molar-refractivity contribution in [2.75, 3.05) is 0 Å². The molecule has 1 N–H and O–H groups in total. The Hall–Kier alpha value is -0.550. The van der Waals surface area contributed by atoms with Crippen molar-refractivity contribution in [2.45, 2.75) is 45.1 Å². The maximum atomic E-state index is 10.4. The van der Waals surface area contributed by atoms with Crippen molar-refractivity contribution >= 4 is 0 Å². The van der Waals surface area contributed by atoms with E-state index in [1.807, 2.05) is 0 Å². The Balaban J connectivity index is 2.35. The van der Waals surface area contributed by atoms with E-state index in [0.717, 1.165) is 19.3 Å². The summed E-state index contributed by atoms with van der Waals surface area (Å²) in [6, 6.07) is 2.28. The van der Waals surface area contributed by atoms with Crippen molar-refractivity contribution < 1.29 is 5.11 Å². The Morgan fingerprint density at radius 1 is 1.54 bits per heavy atom. The molecule has 2 fully saturated rings. The highest BCUT2D eigenvalue weighted by molar-refractivity contribution is 5.13. The van der Waals surface area contributed by atoms with E-state index in [2.05, 4.69) is 19.9 Å². The minimum Gasteiger partial charge on any atom is -0.388 e. The van der Waals surface area contributed by atoms with E-state index < -0.39 is 5.60 Å². The van der Waals surface area contributed by atoms with Gasteiger partial charge >= 0.3 is 0 Å². The van der Waals surface area contributed by atoms with Gasteiger partial charge in [-0.15, -0.1) is 0 Å². The van der Waals surface area contributed by atoms with Crippen LogP contribution in [-0.4, -0.2) is 10.7 Å². The molecule has 2 nitrogen and oxygen atoms in total. The SMILES string of the molecule is C[C@@H]1CC[C@@]2(C)C[C@H](C#N)[C@@]1(O)C2. The summed E-state index contributed by atoms with van der Waals surface area (Å²) in [6.45, 7) is 4.29. The van der Waals surface area contributed by atoms with E-state index in [1.165, 1.54) is 6.42 Å². The third-order valence-corrected chi connectivity index (χ3v) is 4.20. The molecule has 2 aliphatic carbocycles. The van der Waals surface area contributed by atoms with Gasteiger partial charge in [-0.2, -0.15) is 5.26 Å². The molecule has 0 unspecified atom stereocenters. The molecule has 0 saturated heterocycles. The summed E-state index contributed by atoms with van der Waals surface area (Å²) < 4.78 is 0. The van der Waals surface area contributed by atoms with Crippen LogP contribution in [0.1, 0.15) is 39.5 Å². The third-order valence-electron chi connectivity index (χ3n) is 4.20. The molecule has 2 heteroatoms. The number of nitrogens with zero attached hydrogens (tertiary/aromatic N) is 1. The van der Waals surface area contributed by atoms with Crippen LogP contribution in [-0.2, 0) is 0 Å². The fraction of sp³-hybridized carbons (Fsp3) is 0.909. The molecule has 0 aromatic rings. The van der Waals surface area contributed by atoms with Crippen LogP contribution in [0.2, 0.25) is 0 Å². The van der Waals surface area contributed by atoms with E-state index in [0.29, 0.717) is 5.92 Å². The lowest BCUT2D eigenvalue weighted by Gasteiger charge is -2.39. The minimum atomic E-state index is -0.679. The molecule has 2 saturated carbocycles. The molecule has 0 heterocycles. The first-order chi connectivity index (χ1) is 6.00. The summed E-state index contributed by atoms with van der Waals surface area (Å²) in [5.41, 5.74) is -0.441. The summed E-state index contributed by atoms with van der Waals surface area (Å²) in [4.78, 5) is 0. The second-order valence-corrected chi connectivity index (χ2v) is 5.30. The van der Waals surface area contributed by atoms with Crippen LogP contribution >= 0.6 is 0 Å². The van der Waals surface area contributed by atoms with Crippen molar-refractivity contribution in [1.82, 2.24) is 0 Å². The molecule has 2 rings (SSSR count). The molecule has 2 aliphatic rings. The van der Waals surface area contributed by atoms with Crippen LogP contribution in [0.15, 0.2) is 0 Å². The highest BCUT2D eigenvalue weighted by Crippen LogP contribution is 2.58. The number of aliphatic hydroxyl groups is 1. The number of nitriles is 1. The van der Waals surface area contributed by atoms with Gasteiger partial charge in [0.1, 0.15) is 0 Å². The Morgan fingerprint density at radius 3 is 2.85 bits per heavy atom. The van der Waals surface area contributed by atoms with Crippen LogP contribution in [0, 0.1) is 28.6 Å². The van der Waals surface area contributed by atoms with E-state index >= 15 is 0 Å². The minimum absolute atomic E-state index is 0.130.